The molecule has 1 atom stereocenters. The van der Waals surface area contributed by atoms with Crippen LogP contribution in [0.1, 0.15) is 6.92 Å². The van der Waals surface area contributed by atoms with Gasteiger partial charge < -0.3 is 19.4 Å². The van der Waals surface area contributed by atoms with Gasteiger partial charge in [0.25, 0.3) is 0 Å². The number of carboxylic acid groups (broad SMARTS) is 1. The average molecular weight is 326 g/mol. The Hall–Kier alpha value is -1.91. The lowest BCUT2D eigenvalue weighted by molar-refractivity contribution is -0.312. The normalized spacial score (nSPS) is 11.8. The van der Waals surface area contributed by atoms with Gasteiger partial charge in [0.15, 0.2) is 0 Å². The number of benzene rings is 2. The molecule has 0 amide bonds. The minimum absolute atomic E-state index is 0.397. The number of hydrogen-bond acceptors (Lipinski definition) is 4. The van der Waals surface area contributed by atoms with Crippen LogP contribution in [0.5, 0.6) is 17.2 Å². The zero-order valence-corrected chi connectivity index (χ0v) is 12.5. The number of rotatable bonds is 5. The summed E-state index contributed by atoms with van der Waals surface area (Å²) >= 11 is 11.8. The van der Waals surface area contributed by atoms with Crippen molar-refractivity contribution < 1.29 is 19.4 Å². The molecule has 0 saturated carbocycles. The maximum atomic E-state index is 10.6. The predicted molar refractivity (Wildman–Crippen MR) is 78.1 cm³/mol. The highest BCUT2D eigenvalue weighted by Gasteiger charge is 2.06. The van der Waals surface area contributed by atoms with Gasteiger partial charge in [0.05, 0.1) is 11.0 Å². The van der Waals surface area contributed by atoms with E-state index in [9.17, 15) is 9.90 Å². The number of carbonyl (C=O) groups is 1. The fourth-order valence-corrected chi connectivity index (χ4v) is 1.97. The van der Waals surface area contributed by atoms with E-state index in [1.54, 1.807) is 42.5 Å². The van der Waals surface area contributed by atoms with Crippen molar-refractivity contribution in [3.8, 4) is 17.2 Å². The summed E-state index contributed by atoms with van der Waals surface area (Å²) in [4.78, 5) is 10.6. The van der Waals surface area contributed by atoms with E-state index in [1.807, 2.05) is 0 Å². The molecular weight excluding hydrogens is 315 g/mol. The van der Waals surface area contributed by atoms with E-state index in [0.29, 0.717) is 27.3 Å². The first-order chi connectivity index (χ1) is 9.95. The molecule has 0 radical (unpaired) electrons. The van der Waals surface area contributed by atoms with Crippen molar-refractivity contribution >= 4 is 29.2 Å². The fourth-order valence-electron chi connectivity index (χ4n) is 1.52. The second-order valence-electron chi connectivity index (χ2n) is 4.23. The Morgan fingerprint density at radius 2 is 1.71 bits per heavy atom. The minimum atomic E-state index is -1.27. The van der Waals surface area contributed by atoms with Crippen molar-refractivity contribution in [1.82, 2.24) is 0 Å². The predicted octanol–water partition coefficient (Wildman–Crippen LogP) is 3.30. The van der Waals surface area contributed by atoms with Crippen LogP contribution in [-0.4, -0.2) is 12.1 Å². The third-order valence-electron chi connectivity index (χ3n) is 2.59. The van der Waals surface area contributed by atoms with Crippen LogP contribution < -0.4 is 14.6 Å². The first-order valence-electron chi connectivity index (χ1n) is 6.06. The summed E-state index contributed by atoms with van der Waals surface area (Å²) < 4.78 is 10.8. The summed E-state index contributed by atoms with van der Waals surface area (Å²) in [7, 11) is 0. The van der Waals surface area contributed by atoms with Gasteiger partial charge in [0.2, 0.25) is 0 Å². The van der Waals surface area contributed by atoms with Crippen LogP contribution in [0.25, 0.3) is 0 Å². The second-order valence-corrected chi connectivity index (χ2v) is 5.07. The van der Waals surface area contributed by atoms with E-state index in [-0.39, 0.29) is 0 Å². The van der Waals surface area contributed by atoms with Crippen LogP contribution in [-0.2, 0) is 4.79 Å². The van der Waals surface area contributed by atoms with Gasteiger partial charge in [0, 0.05) is 5.02 Å². The molecule has 2 aromatic rings. The Morgan fingerprint density at radius 1 is 1.10 bits per heavy atom. The zero-order chi connectivity index (χ0) is 15.4. The van der Waals surface area contributed by atoms with Crippen molar-refractivity contribution in [2.75, 3.05) is 0 Å². The molecule has 0 aliphatic rings. The monoisotopic (exact) mass is 325 g/mol. The summed E-state index contributed by atoms with van der Waals surface area (Å²) in [5.41, 5.74) is 0. The molecule has 2 aromatic carbocycles. The van der Waals surface area contributed by atoms with Crippen LogP contribution >= 0.6 is 23.2 Å². The molecule has 2 rings (SSSR count). The van der Waals surface area contributed by atoms with E-state index >= 15 is 0 Å². The summed E-state index contributed by atoms with van der Waals surface area (Å²) in [5, 5.41) is 11.5. The molecule has 0 fully saturated rings. The molecule has 0 spiro atoms. The van der Waals surface area contributed by atoms with Crippen LogP contribution in [0.4, 0.5) is 0 Å². The number of ether oxygens (including phenoxy) is 2. The molecule has 6 heteroatoms. The van der Waals surface area contributed by atoms with Crippen LogP contribution in [0, 0.1) is 0 Å². The molecule has 0 aliphatic heterocycles. The largest absolute Gasteiger partial charge is 0.546 e. The molecule has 0 heterocycles. The quantitative estimate of drug-likeness (QED) is 0.846. The average Bonchev–Trinajstić information content (AvgIpc) is 2.43. The topological polar surface area (TPSA) is 58.6 Å². The van der Waals surface area contributed by atoms with E-state index in [1.165, 1.54) is 6.92 Å². The van der Waals surface area contributed by atoms with Crippen molar-refractivity contribution in [3.63, 3.8) is 0 Å². The van der Waals surface area contributed by atoms with Crippen LogP contribution in [0.3, 0.4) is 0 Å². The van der Waals surface area contributed by atoms with E-state index in [2.05, 4.69) is 0 Å². The molecule has 0 saturated heterocycles. The third-order valence-corrected chi connectivity index (χ3v) is 3.12. The number of carbonyl (C=O) groups excluding carboxylic acids is 1. The van der Waals surface area contributed by atoms with Gasteiger partial charge in [-0.3, -0.25) is 0 Å². The highest BCUT2D eigenvalue weighted by atomic mass is 35.5. The van der Waals surface area contributed by atoms with Crippen LogP contribution in [0.15, 0.2) is 42.5 Å². The first kappa shape index (κ1) is 15.5. The summed E-state index contributed by atoms with van der Waals surface area (Å²) in [6.07, 6.45) is -1.03. The standard InChI is InChI=1S/C15H12Cl2O4/c1-9(15(18)19)20-11-3-5-12(6-4-11)21-14-7-2-10(16)8-13(14)17/h2-9H,1H3,(H,18,19)/p-1. The van der Waals surface area contributed by atoms with Crippen molar-refractivity contribution in [3.05, 3.63) is 52.5 Å². The smallest absolute Gasteiger partial charge is 0.146 e. The second kappa shape index (κ2) is 6.70. The molecule has 0 bridgehead atoms. The molecule has 1 unspecified atom stereocenters. The van der Waals surface area contributed by atoms with E-state index < -0.39 is 12.1 Å². The molecule has 21 heavy (non-hydrogen) atoms. The summed E-state index contributed by atoms with van der Waals surface area (Å²) in [6.45, 7) is 1.40. The van der Waals surface area contributed by atoms with E-state index in [4.69, 9.17) is 32.7 Å². The van der Waals surface area contributed by atoms with Gasteiger partial charge in [-0.25, -0.2) is 0 Å². The zero-order valence-electron chi connectivity index (χ0n) is 11.0. The number of carboxylic acids is 1. The Morgan fingerprint density at radius 3 is 2.29 bits per heavy atom. The first-order valence-corrected chi connectivity index (χ1v) is 6.82. The van der Waals surface area contributed by atoms with Gasteiger partial charge >= 0.3 is 0 Å². The Balaban J connectivity index is 2.07. The fraction of sp³-hybridized carbons (Fsp3) is 0.133. The van der Waals surface area contributed by atoms with E-state index in [0.717, 1.165) is 0 Å². The maximum Gasteiger partial charge on any atom is 0.146 e. The number of aliphatic carboxylic acids is 1. The Bertz CT molecular complexity index is 641. The molecule has 110 valence electrons. The maximum absolute atomic E-state index is 10.6. The Kier molecular flexibility index (Phi) is 4.94. The highest BCUT2D eigenvalue weighted by Crippen LogP contribution is 2.32. The molecule has 4 nitrogen and oxygen atoms in total. The van der Waals surface area contributed by atoms with Gasteiger partial charge in [-0.1, -0.05) is 23.2 Å². The lowest BCUT2D eigenvalue weighted by Gasteiger charge is -2.15. The molecular formula is C15H11Cl2O4-. The van der Waals surface area contributed by atoms with Gasteiger partial charge in [0.1, 0.15) is 23.4 Å². The van der Waals surface area contributed by atoms with Crippen LogP contribution in [0.2, 0.25) is 10.0 Å². The van der Waals surface area contributed by atoms with Crippen molar-refractivity contribution in [2.45, 2.75) is 13.0 Å². The summed E-state index contributed by atoms with van der Waals surface area (Å²) in [5.74, 6) is 0.134. The van der Waals surface area contributed by atoms with Gasteiger partial charge in [-0.05, 0) is 49.4 Å². The van der Waals surface area contributed by atoms with Gasteiger partial charge in [-0.2, -0.15) is 0 Å². The number of hydrogen-bond donors (Lipinski definition) is 0. The molecule has 0 N–H and O–H groups in total. The number of halogens is 2. The molecule has 0 aromatic heterocycles. The Labute approximate surface area is 131 Å². The van der Waals surface area contributed by atoms with Gasteiger partial charge in [-0.15, -0.1) is 0 Å². The third kappa shape index (κ3) is 4.28. The van der Waals surface area contributed by atoms with Crippen molar-refractivity contribution in [1.29, 1.82) is 0 Å². The SMILES string of the molecule is CC(Oc1ccc(Oc2ccc(Cl)cc2Cl)cc1)C(=O)[O-]. The highest BCUT2D eigenvalue weighted by molar-refractivity contribution is 6.35. The minimum Gasteiger partial charge on any atom is -0.546 e. The van der Waals surface area contributed by atoms with Crippen molar-refractivity contribution in [2.24, 2.45) is 0 Å². The molecule has 0 aliphatic carbocycles. The lowest BCUT2D eigenvalue weighted by Crippen LogP contribution is -2.37. The summed E-state index contributed by atoms with van der Waals surface area (Å²) in [6, 6.07) is 11.4. The lowest BCUT2D eigenvalue weighted by atomic mass is 10.3.